The van der Waals surface area contributed by atoms with Crippen LogP contribution in [0.4, 0.5) is 0 Å². The van der Waals surface area contributed by atoms with Crippen LogP contribution in [0.3, 0.4) is 0 Å². The van der Waals surface area contributed by atoms with Crippen molar-refractivity contribution in [3.8, 4) is 0 Å². The van der Waals surface area contributed by atoms with Gasteiger partial charge >= 0.3 is 0 Å². The Bertz CT molecular complexity index is 518. The van der Waals surface area contributed by atoms with Crippen molar-refractivity contribution in [2.75, 3.05) is 13.1 Å². The molecule has 0 radical (unpaired) electrons. The van der Waals surface area contributed by atoms with Crippen LogP contribution in [0.15, 0.2) is 12.4 Å². The smallest absolute Gasteiger partial charge is 0.279 e. The van der Waals surface area contributed by atoms with Gasteiger partial charge in [-0.3, -0.25) is 0 Å². The van der Waals surface area contributed by atoms with Gasteiger partial charge < -0.3 is 4.57 Å². The summed E-state index contributed by atoms with van der Waals surface area (Å²) in [5.41, 5.74) is 0. The number of nitrogens with zero attached hydrogens (tertiary/aromatic N) is 3. The van der Waals surface area contributed by atoms with Gasteiger partial charge in [0.25, 0.3) is 10.2 Å². The van der Waals surface area contributed by atoms with Crippen molar-refractivity contribution in [3.05, 3.63) is 18.2 Å². The van der Waals surface area contributed by atoms with Crippen molar-refractivity contribution in [3.63, 3.8) is 0 Å². The Morgan fingerprint density at radius 1 is 1.30 bits per heavy atom. The van der Waals surface area contributed by atoms with E-state index in [9.17, 15) is 8.42 Å². The predicted molar refractivity (Wildman–Crippen MR) is 78.2 cm³/mol. The van der Waals surface area contributed by atoms with E-state index in [-0.39, 0.29) is 6.54 Å². The summed E-state index contributed by atoms with van der Waals surface area (Å²) >= 11 is 0. The van der Waals surface area contributed by atoms with Gasteiger partial charge in [0.15, 0.2) is 0 Å². The molecule has 7 heteroatoms. The molecule has 114 valence electrons. The largest absolute Gasteiger partial charge is 0.334 e. The molecule has 1 N–H and O–H groups in total. The van der Waals surface area contributed by atoms with E-state index in [1.54, 1.807) is 6.20 Å². The first-order valence-electron chi connectivity index (χ1n) is 7.24. The molecular formula is C13H24N4O2S. The first kappa shape index (κ1) is 15.5. The third-order valence-corrected chi connectivity index (χ3v) is 4.99. The summed E-state index contributed by atoms with van der Waals surface area (Å²) in [6, 6.07) is 0. The minimum atomic E-state index is -3.37. The van der Waals surface area contributed by atoms with Crippen LogP contribution in [0.25, 0.3) is 0 Å². The SMILES string of the molecule is CC(C)Cn1ccnc1CNS(=O)(=O)N1CCCCC1. The second-order valence-electron chi connectivity index (χ2n) is 5.68. The maximum Gasteiger partial charge on any atom is 0.279 e. The second kappa shape index (κ2) is 6.69. The summed E-state index contributed by atoms with van der Waals surface area (Å²) in [5, 5.41) is 0. The summed E-state index contributed by atoms with van der Waals surface area (Å²) in [5.74, 6) is 1.26. The summed E-state index contributed by atoms with van der Waals surface area (Å²) in [6.07, 6.45) is 6.62. The van der Waals surface area contributed by atoms with Crippen LogP contribution in [0.5, 0.6) is 0 Å². The fourth-order valence-electron chi connectivity index (χ4n) is 2.42. The van der Waals surface area contributed by atoms with Crippen LogP contribution in [0, 0.1) is 5.92 Å². The Morgan fingerprint density at radius 3 is 2.65 bits per heavy atom. The Morgan fingerprint density at radius 2 is 2.00 bits per heavy atom. The van der Waals surface area contributed by atoms with Crippen LogP contribution >= 0.6 is 0 Å². The molecule has 2 rings (SSSR count). The van der Waals surface area contributed by atoms with E-state index in [4.69, 9.17) is 0 Å². The summed E-state index contributed by atoms with van der Waals surface area (Å²) < 4.78 is 30.6. The first-order valence-corrected chi connectivity index (χ1v) is 8.68. The lowest BCUT2D eigenvalue weighted by Crippen LogP contribution is -2.43. The van der Waals surface area contributed by atoms with Gasteiger partial charge in [0, 0.05) is 32.0 Å². The first-order chi connectivity index (χ1) is 9.49. The van der Waals surface area contributed by atoms with E-state index in [0.717, 1.165) is 31.6 Å². The molecule has 0 spiro atoms. The van der Waals surface area contributed by atoms with Gasteiger partial charge in [-0.05, 0) is 18.8 Å². The van der Waals surface area contributed by atoms with Gasteiger partial charge in [0.05, 0.1) is 6.54 Å². The lowest BCUT2D eigenvalue weighted by atomic mass is 10.2. The van der Waals surface area contributed by atoms with Crippen molar-refractivity contribution in [2.24, 2.45) is 5.92 Å². The highest BCUT2D eigenvalue weighted by Crippen LogP contribution is 2.12. The quantitative estimate of drug-likeness (QED) is 0.862. The van der Waals surface area contributed by atoms with Gasteiger partial charge in [-0.1, -0.05) is 20.3 Å². The summed E-state index contributed by atoms with van der Waals surface area (Å²) in [4.78, 5) is 4.23. The molecule has 0 amide bonds. The molecular weight excluding hydrogens is 276 g/mol. The lowest BCUT2D eigenvalue weighted by molar-refractivity contribution is 0.341. The molecule has 20 heavy (non-hydrogen) atoms. The average molecular weight is 300 g/mol. The lowest BCUT2D eigenvalue weighted by Gasteiger charge is -2.25. The molecule has 0 saturated carbocycles. The van der Waals surface area contributed by atoms with Gasteiger partial charge in [-0.25, -0.2) is 4.98 Å². The zero-order chi connectivity index (χ0) is 14.6. The van der Waals surface area contributed by atoms with Crippen LogP contribution in [-0.2, 0) is 23.3 Å². The topological polar surface area (TPSA) is 67.2 Å². The van der Waals surface area contributed by atoms with E-state index >= 15 is 0 Å². The number of hydrogen-bond acceptors (Lipinski definition) is 3. The predicted octanol–water partition coefficient (Wildman–Crippen LogP) is 1.36. The fraction of sp³-hybridized carbons (Fsp3) is 0.769. The molecule has 6 nitrogen and oxygen atoms in total. The van der Waals surface area contributed by atoms with Gasteiger partial charge in [0.2, 0.25) is 0 Å². The monoisotopic (exact) mass is 300 g/mol. The number of aromatic nitrogens is 2. The molecule has 0 bridgehead atoms. The van der Waals surface area contributed by atoms with Gasteiger partial charge in [-0.2, -0.15) is 17.4 Å². The summed E-state index contributed by atoms with van der Waals surface area (Å²) in [6.45, 7) is 6.59. The Labute approximate surface area is 121 Å². The third-order valence-electron chi connectivity index (χ3n) is 3.43. The number of hydrogen-bond donors (Lipinski definition) is 1. The van der Waals surface area contributed by atoms with E-state index in [2.05, 4.69) is 23.6 Å². The van der Waals surface area contributed by atoms with Crippen LogP contribution < -0.4 is 4.72 Å². The minimum absolute atomic E-state index is 0.249. The van der Waals surface area contributed by atoms with Crippen molar-refractivity contribution in [2.45, 2.75) is 46.2 Å². The van der Waals surface area contributed by atoms with Crippen molar-refractivity contribution < 1.29 is 8.42 Å². The highest BCUT2D eigenvalue weighted by molar-refractivity contribution is 7.87. The molecule has 1 aliphatic rings. The number of nitrogens with one attached hydrogen (secondary N) is 1. The number of imidazole rings is 1. The minimum Gasteiger partial charge on any atom is -0.334 e. The van der Waals surface area contributed by atoms with E-state index < -0.39 is 10.2 Å². The fourth-order valence-corrected chi connectivity index (χ4v) is 3.65. The van der Waals surface area contributed by atoms with Crippen molar-refractivity contribution >= 4 is 10.2 Å². The zero-order valence-corrected chi connectivity index (χ0v) is 13.1. The molecule has 2 heterocycles. The number of piperidine rings is 1. The molecule has 0 atom stereocenters. The van der Waals surface area contributed by atoms with Crippen LogP contribution in [0.1, 0.15) is 38.9 Å². The molecule has 1 aromatic heterocycles. The Kier molecular flexibility index (Phi) is 5.17. The van der Waals surface area contributed by atoms with E-state index in [1.807, 2.05) is 10.8 Å². The standard InChI is InChI=1S/C13H24N4O2S/c1-12(2)11-16-9-6-14-13(16)10-15-20(18,19)17-7-4-3-5-8-17/h6,9,12,15H,3-5,7-8,10-11H2,1-2H3. The molecule has 1 fully saturated rings. The third kappa shape index (κ3) is 4.04. The van der Waals surface area contributed by atoms with Gasteiger partial charge in [0.1, 0.15) is 5.82 Å². The van der Waals surface area contributed by atoms with E-state index in [0.29, 0.717) is 19.0 Å². The Hall–Kier alpha value is -0.920. The molecule has 0 unspecified atom stereocenters. The maximum absolute atomic E-state index is 12.2. The normalized spacial score (nSPS) is 17.8. The zero-order valence-electron chi connectivity index (χ0n) is 12.2. The average Bonchev–Trinajstić information content (AvgIpc) is 2.84. The molecule has 1 saturated heterocycles. The van der Waals surface area contributed by atoms with Crippen LogP contribution in [-0.4, -0.2) is 35.4 Å². The van der Waals surface area contributed by atoms with Crippen molar-refractivity contribution in [1.29, 1.82) is 0 Å². The second-order valence-corrected chi connectivity index (χ2v) is 7.43. The highest BCUT2D eigenvalue weighted by Gasteiger charge is 2.23. The molecule has 1 aliphatic heterocycles. The van der Waals surface area contributed by atoms with E-state index in [1.165, 1.54) is 4.31 Å². The van der Waals surface area contributed by atoms with Gasteiger partial charge in [-0.15, -0.1) is 0 Å². The maximum atomic E-state index is 12.2. The number of rotatable bonds is 6. The molecule has 0 aliphatic carbocycles. The van der Waals surface area contributed by atoms with Crippen molar-refractivity contribution in [1.82, 2.24) is 18.6 Å². The molecule has 1 aromatic rings. The molecule has 0 aromatic carbocycles. The van der Waals surface area contributed by atoms with Crippen LogP contribution in [0.2, 0.25) is 0 Å². The Balaban J connectivity index is 1.95. The summed E-state index contributed by atoms with van der Waals surface area (Å²) in [7, 11) is -3.37. The highest BCUT2D eigenvalue weighted by atomic mass is 32.2.